The van der Waals surface area contributed by atoms with E-state index in [1.807, 2.05) is 0 Å². The van der Waals surface area contributed by atoms with Crippen LogP contribution in [-0.4, -0.2) is 44.9 Å². The molecule has 0 fully saturated rings. The molecule has 18 heavy (non-hydrogen) atoms. The molecule has 0 aliphatic carbocycles. The summed E-state index contributed by atoms with van der Waals surface area (Å²) in [7, 11) is 3.61. The van der Waals surface area contributed by atoms with Gasteiger partial charge in [-0.2, -0.15) is 10.1 Å². The molecule has 0 bridgehead atoms. The van der Waals surface area contributed by atoms with Crippen LogP contribution < -0.4 is 10.6 Å². The van der Waals surface area contributed by atoms with E-state index in [2.05, 4.69) is 15.1 Å². The highest BCUT2D eigenvalue weighted by Gasteiger charge is 2.14. The number of carboxylic acid groups (broad SMARTS) is 1. The number of hydrogen-bond acceptors (Lipinski definition) is 6. The molecule has 0 saturated heterocycles. The van der Waals surface area contributed by atoms with Crippen LogP contribution in [-0.2, 0) is 0 Å². The average Bonchev–Trinajstić information content (AvgIpc) is 2.71. The first-order valence-electron chi connectivity index (χ1n) is 5.08. The van der Waals surface area contributed by atoms with Crippen LogP contribution in [0, 0.1) is 0 Å². The normalized spacial score (nSPS) is 10.3. The summed E-state index contributed by atoms with van der Waals surface area (Å²) in [5, 5.41) is 12.7. The molecule has 94 valence electrons. The number of aromatic carboxylic acids is 1. The van der Waals surface area contributed by atoms with Crippen LogP contribution >= 0.6 is 0 Å². The lowest BCUT2D eigenvalue weighted by molar-refractivity contribution is 0.0691. The van der Waals surface area contributed by atoms with Crippen molar-refractivity contribution >= 4 is 17.6 Å². The number of carboxylic acids is 1. The van der Waals surface area contributed by atoms with Gasteiger partial charge in [-0.25, -0.2) is 14.5 Å². The Balaban J connectivity index is 2.45. The number of nitrogen functional groups attached to an aromatic ring is 1. The summed E-state index contributed by atoms with van der Waals surface area (Å²) >= 11 is 0. The van der Waals surface area contributed by atoms with Crippen molar-refractivity contribution in [2.45, 2.75) is 0 Å². The number of nitrogens with two attached hydrogens (primary N) is 1. The van der Waals surface area contributed by atoms with E-state index in [1.54, 1.807) is 31.3 Å². The third-order valence-electron chi connectivity index (χ3n) is 2.21. The minimum atomic E-state index is -1.17. The molecule has 0 aromatic carbocycles. The first kappa shape index (κ1) is 11.8. The number of rotatable bonds is 3. The van der Waals surface area contributed by atoms with Gasteiger partial charge in [0.1, 0.15) is 0 Å². The van der Waals surface area contributed by atoms with Gasteiger partial charge in [0.25, 0.3) is 0 Å². The minimum absolute atomic E-state index is 0.0903. The van der Waals surface area contributed by atoms with Crippen molar-refractivity contribution in [1.82, 2.24) is 19.7 Å². The fourth-order valence-corrected chi connectivity index (χ4v) is 1.35. The van der Waals surface area contributed by atoms with E-state index in [-0.39, 0.29) is 11.4 Å². The van der Waals surface area contributed by atoms with E-state index in [4.69, 9.17) is 10.8 Å². The summed E-state index contributed by atoms with van der Waals surface area (Å²) in [6.45, 7) is 0. The second kappa shape index (κ2) is 4.32. The van der Waals surface area contributed by atoms with Crippen LogP contribution in [0.5, 0.6) is 0 Å². The maximum Gasteiger partial charge on any atom is 0.358 e. The number of nitrogens with zero attached hydrogens (tertiary/aromatic N) is 5. The molecule has 0 aliphatic heterocycles. The van der Waals surface area contributed by atoms with Gasteiger partial charge in [0.05, 0.1) is 11.9 Å². The van der Waals surface area contributed by atoms with Gasteiger partial charge in [-0.05, 0) is 0 Å². The number of carbonyl (C=O) groups is 1. The molecule has 0 radical (unpaired) electrons. The molecule has 0 amide bonds. The van der Waals surface area contributed by atoms with Crippen LogP contribution in [0.4, 0.5) is 11.6 Å². The predicted molar refractivity (Wildman–Crippen MR) is 64.9 cm³/mol. The second-order valence-corrected chi connectivity index (χ2v) is 3.79. The van der Waals surface area contributed by atoms with Gasteiger partial charge in [0, 0.05) is 26.4 Å². The molecule has 8 nitrogen and oxygen atoms in total. The van der Waals surface area contributed by atoms with Crippen molar-refractivity contribution in [3.8, 4) is 5.82 Å². The van der Waals surface area contributed by atoms with Gasteiger partial charge in [0.15, 0.2) is 11.5 Å². The van der Waals surface area contributed by atoms with Crippen LogP contribution in [0.3, 0.4) is 0 Å². The molecule has 3 N–H and O–H groups in total. The van der Waals surface area contributed by atoms with E-state index in [1.165, 1.54) is 10.9 Å². The molecule has 0 aliphatic rings. The topological polar surface area (TPSA) is 110 Å². The van der Waals surface area contributed by atoms with Crippen molar-refractivity contribution in [2.75, 3.05) is 24.7 Å². The van der Waals surface area contributed by atoms with Gasteiger partial charge >= 0.3 is 5.97 Å². The lowest BCUT2D eigenvalue weighted by Crippen LogP contribution is -2.14. The molecule has 0 atom stereocenters. The molecule has 0 saturated carbocycles. The minimum Gasteiger partial charge on any atom is -0.476 e. The van der Waals surface area contributed by atoms with Gasteiger partial charge < -0.3 is 15.7 Å². The van der Waals surface area contributed by atoms with Gasteiger partial charge in [0.2, 0.25) is 5.95 Å². The molecular formula is C10H12N6O2. The van der Waals surface area contributed by atoms with Gasteiger partial charge in [-0.1, -0.05) is 0 Å². The summed E-state index contributed by atoms with van der Waals surface area (Å²) < 4.78 is 1.31. The van der Waals surface area contributed by atoms with E-state index in [0.29, 0.717) is 11.8 Å². The number of aromatic nitrogens is 4. The zero-order valence-electron chi connectivity index (χ0n) is 9.90. The third kappa shape index (κ3) is 2.08. The first-order chi connectivity index (χ1) is 8.49. The van der Waals surface area contributed by atoms with Crippen LogP contribution in [0.25, 0.3) is 5.82 Å². The smallest absolute Gasteiger partial charge is 0.358 e. The summed E-state index contributed by atoms with van der Waals surface area (Å²) in [4.78, 5) is 20.9. The van der Waals surface area contributed by atoms with Gasteiger partial charge in [-0.3, -0.25) is 0 Å². The Kier molecular flexibility index (Phi) is 2.84. The summed E-state index contributed by atoms with van der Waals surface area (Å²) in [6.07, 6.45) is 2.97. The molecule has 2 heterocycles. The monoisotopic (exact) mass is 248 g/mol. The van der Waals surface area contributed by atoms with Gasteiger partial charge in [-0.15, -0.1) is 0 Å². The van der Waals surface area contributed by atoms with Crippen molar-refractivity contribution in [3.05, 3.63) is 24.2 Å². The Morgan fingerprint density at radius 1 is 1.50 bits per heavy atom. The van der Waals surface area contributed by atoms with Crippen LogP contribution in [0.15, 0.2) is 18.5 Å². The standard InChI is InChI=1S/C10H12N6O2/c1-15(2)10-12-4-3-7(13-10)16-5-6(11)8(14-16)9(17)18/h3-5H,11H2,1-2H3,(H,17,18). The molecule has 0 unspecified atom stereocenters. The Morgan fingerprint density at radius 2 is 2.22 bits per heavy atom. The quantitative estimate of drug-likeness (QED) is 0.787. The van der Waals surface area contributed by atoms with E-state index in [9.17, 15) is 4.79 Å². The van der Waals surface area contributed by atoms with Crippen molar-refractivity contribution in [3.63, 3.8) is 0 Å². The third-order valence-corrected chi connectivity index (χ3v) is 2.21. The fraction of sp³-hybridized carbons (Fsp3) is 0.200. The maximum absolute atomic E-state index is 10.8. The Morgan fingerprint density at radius 3 is 2.78 bits per heavy atom. The maximum atomic E-state index is 10.8. The van der Waals surface area contributed by atoms with Crippen LogP contribution in [0.2, 0.25) is 0 Å². The molecule has 2 aromatic heterocycles. The zero-order chi connectivity index (χ0) is 13.3. The van der Waals surface area contributed by atoms with Crippen molar-refractivity contribution in [2.24, 2.45) is 0 Å². The van der Waals surface area contributed by atoms with E-state index in [0.717, 1.165) is 0 Å². The molecule has 2 aromatic rings. The largest absolute Gasteiger partial charge is 0.476 e. The highest BCUT2D eigenvalue weighted by atomic mass is 16.4. The highest BCUT2D eigenvalue weighted by molar-refractivity contribution is 5.91. The fourth-order valence-electron chi connectivity index (χ4n) is 1.35. The summed E-state index contributed by atoms with van der Waals surface area (Å²) in [6, 6.07) is 1.62. The lowest BCUT2D eigenvalue weighted by Gasteiger charge is -2.10. The highest BCUT2D eigenvalue weighted by Crippen LogP contribution is 2.13. The molecule has 2 rings (SSSR count). The summed E-state index contributed by atoms with van der Waals surface area (Å²) in [5.41, 5.74) is 5.46. The molecule has 8 heteroatoms. The average molecular weight is 248 g/mol. The Labute approximate surface area is 103 Å². The van der Waals surface area contributed by atoms with E-state index < -0.39 is 5.97 Å². The number of hydrogen-bond donors (Lipinski definition) is 2. The second-order valence-electron chi connectivity index (χ2n) is 3.79. The number of anilines is 2. The molecular weight excluding hydrogens is 236 g/mol. The SMILES string of the molecule is CN(C)c1nccc(-n2cc(N)c(C(=O)O)n2)n1. The van der Waals surface area contributed by atoms with E-state index >= 15 is 0 Å². The van der Waals surface area contributed by atoms with Crippen molar-refractivity contribution in [1.29, 1.82) is 0 Å². The molecule has 0 spiro atoms. The Bertz CT molecular complexity index is 592. The zero-order valence-corrected chi connectivity index (χ0v) is 9.90. The predicted octanol–water partition coefficient (Wildman–Crippen LogP) is 0.00870. The Hall–Kier alpha value is -2.64. The van der Waals surface area contributed by atoms with Crippen molar-refractivity contribution < 1.29 is 9.90 Å². The first-order valence-corrected chi connectivity index (χ1v) is 5.08. The lowest BCUT2D eigenvalue weighted by atomic mass is 10.4. The van der Waals surface area contributed by atoms with Crippen LogP contribution in [0.1, 0.15) is 10.5 Å². The summed E-state index contributed by atoms with van der Waals surface area (Å²) in [5.74, 6) is -0.223.